The lowest BCUT2D eigenvalue weighted by atomic mass is 10.0. The van der Waals surface area contributed by atoms with E-state index in [9.17, 15) is 0 Å². The molecule has 0 radical (unpaired) electrons. The highest BCUT2D eigenvalue weighted by Gasteiger charge is 2.24. The fourth-order valence-corrected chi connectivity index (χ4v) is 2.96. The molecule has 0 aliphatic carbocycles. The van der Waals surface area contributed by atoms with Gasteiger partial charge in [0, 0.05) is 25.7 Å². The van der Waals surface area contributed by atoms with E-state index in [4.69, 9.17) is 16.3 Å². The molecule has 7 nitrogen and oxygen atoms in total. The molecule has 0 spiro atoms. The number of hydrogen-bond donors (Lipinski definition) is 1. The quantitative estimate of drug-likeness (QED) is 0.856. The van der Waals surface area contributed by atoms with Gasteiger partial charge in [-0.3, -0.25) is 0 Å². The molecule has 1 aromatic rings. The summed E-state index contributed by atoms with van der Waals surface area (Å²) in [4.78, 5) is 12.8. The van der Waals surface area contributed by atoms with Crippen LogP contribution in [0.25, 0.3) is 0 Å². The van der Waals surface area contributed by atoms with Gasteiger partial charge in [-0.05, 0) is 26.2 Å². The Hall–Kier alpha value is -2.54. The van der Waals surface area contributed by atoms with Gasteiger partial charge < -0.3 is 15.5 Å². The topological polar surface area (TPSA) is 106 Å². The molecule has 2 heterocycles. The van der Waals surface area contributed by atoms with Gasteiger partial charge in [-0.1, -0.05) is 0 Å². The van der Waals surface area contributed by atoms with Crippen LogP contribution in [-0.4, -0.2) is 35.6 Å². The number of anilines is 3. The van der Waals surface area contributed by atoms with Gasteiger partial charge in [-0.2, -0.15) is 10.5 Å². The van der Waals surface area contributed by atoms with Crippen molar-refractivity contribution in [1.29, 1.82) is 10.5 Å². The van der Waals surface area contributed by atoms with Crippen molar-refractivity contribution in [2.75, 3.05) is 35.2 Å². The van der Waals surface area contributed by atoms with Crippen molar-refractivity contribution in [1.82, 2.24) is 9.97 Å². The maximum Gasteiger partial charge on any atom is 0.157 e. The number of nitrogens with two attached hydrogens (primary N) is 1. The summed E-state index contributed by atoms with van der Waals surface area (Å²) < 4.78 is 0. The molecular formula is C16H23N7. The minimum Gasteiger partial charge on any atom is -0.393 e. The van der Waals surface area contributed by atoms with Crippen LogP contribution in [0.4, 0.5) is 17.3 Å². The van der Waals surface area contributed by atoms with Crippen LogP contribution in [0, 0.1) is 22.7 Å². The zero-order valence-electron chi connectivity index (χ0n) is 13.6. The van der Waals surface area contributed by atoms with Crippen LogP contribution < -0.4 is 15.5 Å². The molecule has 23 heavy (non-hydrogen) atoms. The van der Waals surface area contributed by atoms with Crippen LogP contribution in [0.1, 0.15) is 39.0 Å². The van der Waals surface area contributed by atoms with Gasteiger partial charge in [0.1, 0.15) is 12.0 Å². The molecule has 2 N–H and O–H groups in total. The first-order valence-corrected chi connectivity index (χ1v) is 8.05. The van der Waals surface area contributed by atoms with Crippen LogP contribution in [0.5, 0.6) is 0 Å². The predicted molar refractivity (Wildman–Crippen MR) is 89.8 cm³/mol. The van der Waals surface area contributed by atoms with E-state index in [2.05, 4.69) is 33.9 Å². The Morgan fingerprint density at radius 3 is 2.57 bits per heavy atom. The van der Waals surface area contributed by atoms with Crippen molar-refractivity contribution in [2.45, 2.75) is 45.1 Å². The van der Waals surface area contributed by atoms with Crippen molar-refractivity contribution >= 4 is 17.3 Å². The number of aromatic nitrogens is 2. The van der Waals surface area contributed by atoms with Crippen LogP contribution in [-0.2, 0) is 0 Å². The highest BCUT2D eigenvalue weighted by molar-refractivity contribution is 5.76. The van der Waals surface area contributed by atoms with Gasteiger partial charge in [-0.25, -0.2) is 9.97 Å². The lowest BCUT2D eigenvalue weighted by molar-refractivity contribution is 0.481. The van der Waals surface area contributed by atoms with Gasteiger partial charge >= 0.3 is 0 Å². The zero-order valence-corrected chi connectivity index (χ0v) is 13.6. The maximum atomic E-state index is 8.84. The number of nitrogens with zero attached hydrogens (tertiary/aromatic N) is 6. The Kier molecular flexibility index (Phi) is 5.99. The van der Waals surface area contributed by atoms with Crippen molar-refractivity contribution in [3.63, 3.8) is 0 Å². The van der Waals surface area contributed by atoms with Crippen LogP contribution >= 0.6 is 0 Å². The Morgan fingerprint density at radius 2 is 1.96 bits per heavy atom. The van der Waals surface area contributed by atoms with Crippen molar-refractivity contribution in [3.8, 4) is 12.1 Å². The number of nitriles is 2. The average Bonchev–Trinajstić information content (AvgIpc) is 2.57. The van der Waals surface area contributed by atoms with Crippen molar-refractivity contribution in [3.05, 3.63) is 6.33 Å². The molecule has 1 aromatic heterocycles. The third-order valence-corrected chi connectivity index (χ3v) is 4.20. The molecule has 1 unspecified atom stereocenters. The summed E-state index contributed by atoms with van der Waals surface area (Å²) in [6.45, 7) is 4.14. The van der Waals surface area contributed by atoms with Crippen LogP contribution in [0.3, 0.4) is 0 Å². The summed E-state index contributed by atoms with van der Waals surface area (Å²) in [6.07, 6.45) is 5.75. The second-order valence-electron chi connectivity index (χ2n) is 5.78. The molecule has 1 saturated heterocycles. The summed E-state index contributed by atoms with van der Waals surface area (Å²) >= 11 is 0. The van der Waals surface area contributed by atoms with Gasteiger partial charge in [0.25, 0.3) is 0 Å². The van der Waals surface area contributed by atoms with E-state index in [1.54, 1.807) is 0 Å². The first-order chi connectivity index (χ1) is 11.2. The number of hydrogen-bond acceptors (Lipinski definition) is 7. The van der Waals surface area contributed by atoms with E-state index in [0.717, 1.165) is 25.2 Å². The standard InChI is InChI=1S/C16H23N7/c1-13-6-2-3-11-23(13)16-14(19)15(20-12-21-16)22(9-4-7-17)10-5-8-18/h12-13H,2-6,9-11,19H2,1H3. The lowest BCUT2D eigenvalue weighted by Crippen LogP contribution is -2.39. The van der Waals surface area contributed by atoms with Crippen LogP contribution in [0.2, 0.25) is 0 Å². The highest BCUT2D eigenvalue weighted by Crippen LogP contribution is 2.32. The molecule has 0 saturated carbocycles. The molecule has 1 aliphatic heterocycles. The third-order valence-electron chi connectivity index (χ3n) is 4.20. The second-order valence-corrected chi connectivity index (χ2v) is 5.78. The largest absolute Gasteiger partial charge is 0.393 e. The number of piperidine rings is 1. The van der Waals surface area contributed by atoms with Crippen molar-refractivity contribution in [2.24, 2.45) is 0 Å². The summed E-state index contributed by atoms with van der Waals surface area (Å²) in [6, 6.07) is 4.66. The molecule has 7 heteroatoms. The maximum absolute atomic E-state index is 8.84. The number of rotatable bonds is 6. The van der Waals surface area contributed by atoms with Crippen LogP contribution in [0.15, 0.2) is 6.33 Å². The van der Waals surface area contributed by atoms with E-state index >= 15 is 0 Å². The molecular weight excluding hydrogens is 290 g/mol. The monoisotopic (exact) mass is 313 g/mol. The summed E-state index contributed by atoms with van der Waals surface area (Å²) in [5.74, 6) is 1.39. The van der Waals surface area contributed by atoms with Crippen molar-refractivity contribution < 1.29 is 0 Å². The number of nitrogen functional groups attached to an aromatic ring is 1. The van der Waals surface area contributed by atoms with E-state index in [-0.39, 0.29) is 0 Å². The molecule has 1 fully saturated rings. The van der Waals surface area contributed by atoms with E-state index < -0.39 is 0 Å². The summed E-state index contributed by atoms with van der Waals surface area (Å²) in [5.41, 5.74) is 6.89. The molecule has 0 bridgehead atoms. The van der Waals surface area contributed by atoms with Gasteiger partial charge in [0.2, 0.25) is 0 Å². The van der Waals surface area contributed by atoms with Gasteiger partial charge in [0.15, 0.2) is 11.6 Å². The zero-order chi connectivity index (χ0) is 16.7. The first kappa shape index (κ1) is 16.8. The normalized spacial score (nSPS) is 17.3. The summed E-state index contributed by atoms with van der Waals surface area (Å²) in [5, 5.41) is 17.7. The highest BCUT2D eigenvalue weighted by atomic mass is 15.3. The fraction of sp³-hybridized carbons (Fsp3) is 0.625. The predicted octanol–water partition coefficient (Wildman–Crippen LogP) is 2.07. The Bertz CT molecular complexity index is 583. The molecule has 0 aromatic carbocycles. The lowest BCUT2D eigenvalue weighted by Gasteiger charge is -2.35. The Morgan fingerprint density at radius 1 is 1.26 bits per heavy atom. The minimum absolute atomic E-state index is 0.365. The molecule has 0 amide bonds. The molecule has 2 rings (SSSR count). The van der Waals surface area contributed by atoms with Gasteiger partial charge in [0.05, 0.1) is 25.0 Å². The van der Waals surface area contributed by atoms with Gasteiger partial charge in [-0.15, -0.1) is 0 Å². The Balaban J connectivity index is 2.29. The van der Waals surface area contributed by atoms with E-state index in [1.807, 2.05) is 4.90 Å². The fourth-order valence-electron chi connectivity index (χ4n) is 2.96. The second kappa shape index (κ2) is 8.19. The molecule has 1 atom stereocenters. The molecule has 1 aliphatic rings. The van der Waals surface area contributed by atoms with E-state index in [0.29, 0.717) is 43.5 Å². The molecule has 122 valence electrons. The first-order valence-electron chi connectivity index (χ1n) is 8.05. The van der Waals surface area contributed by atoms with E-state index in [1.165, 1.54) is 12.7 Å². The summed E-state index contributed by atoms with van der Waals surface area (Å²) in [7, 11) is 0. The average molecular weight is 313 g/mol. The smallest absolute Gasteiger partial charge is 0.157 e. The SMILES string of the molecule is CC1CCCCN1c1ncnc(N(CCC#N)CCC#N)c1N. The Labute approximate surface area is 137 Å². The third kappa shape index (κ3) is 4.01. The minimum atomic E-state index is 0.365.